The fourth-order valence-electron chi connectivity index (χ4n) is 2.47. The molecule has 2 nitrogen and oxygen atoms in total. The lowest BCUT2D eigenvalue weighted by Gasteiger charge is -2.28. The third-order valence-corrected chi connectivity index (χ3v) is 3.42. The van der Waals surface area contributed by atoms with Crippen molar-refractivity contribution in [3.63, 3.8) is 0 Å². The van der Waals surface area contributed by atoms with Crippen molar-refractivity contribution in [3.05, 3.63) is 29.8 Å². The number of ether oxygens (including phenoxy) is 1. The molecule has 0 aliphatic carbocycles. The molecule has 1 N–H and O–H groups in total. The summed E-state index contributed by atoms with van der Waals surface area (Å²) in [5.41, 5.74) is 0.570. The molecule has 0 aliphatic heterocycles. The minimum atomic E-state index is -4.67. The minimum absolute atomic E-state index is 0.113. The second-order valence-electron chi connectivity index (χ2n) is 4.70. The van der Waals surface area contributed by atoms with E-state index in [0.29, 0.717) is 12.1 Å². The first-order chi connectivity index (χ1) is 9.42. The minimum Gasteiger partial charge on any atom is -0.405 e. The number of rotatable bonds is 7. The first kappa shape index (κ1) is 16.8. The molecule has 0 radical (unpaired) electrons. The SMILES string of the molecule is CCNC(c1ccccc1OC(F)(F)F)C(CC)CC. The van der Waals surface area contributed by atoms with Gasteiger partial charge in [0.2, 0.25) is 0 Å². The van der Waals surface area contributed by atoms with Crippen LogP contribution in [0.25, 0.3) is 0 Å². The van der Waals surface area contributed by atoms with Gasteiger partial charge in [0.1, 0.15) is 5.75 Å². The molecule has 0 amide bonds. The first-order valence-electron chi connectivity index (χ1n) is 7.00. The van der Waals surface area contributed by atoms with Crippen molar-refractivity contribution in [1.82, 2.24) is 5.32 Å². The Morgan fingerprint density at radius 1 is 1.10 bits per heavy atom. The molecule has 0 spiro atoms. The standard InChI is InChI=1S/C15H22F3NO/c1-4-11(5-2)14(19-6-3)12-9-7-8-10-13(12)20-15(16,17)18/h7-11,14,19H,4-6H2,1-3H3. The Morgan fingerprint density at radius 2 is 1.70 bits per heavy atom. The number of hydrogen-bond donors (Lipinski definition) is 1. The van der Waals surface area contributed by atoms with Gasteiger partial charge >= 0.3 is 6.36 Å². The zero-order valence-electron chi connectivity index (χ0n) is 12.1. The molecule has 0 saturated carbocycles. The van der Waals surface area contributed by atoms with E-state index in [-0.39, 0.29) is 17.7 Å². The predicted molar refractivity (Wildman–Crippen MR) is 73.6 cm³/mol. The predicted octanol–water partition coefficient (Wildman–Crippen LogP) is 4.67. The first-order valence-corrected chi connectivity index (χ1v) is 7.00. The van der Waals surface area contributed by atoms with Crippen molar-refractivity contribution >= 4 is 0 Å². The number of benzene rings is 1. The van der Waals surface area contributed by atoms with Crippen LogP contribution >= 0.6 is 0 Å². The highest BCUT2D eigenvalue weighted by Crippen LogP contribution is 2.35. The van der Waals surface area contributed by atoms with Crippen LogP contribution in [0.3, 0.4) is 0 Å². The van der Waals surface area contributed by atoms with E-state index in [2.05, 4.69) is 10.1 Å². The summed E-state index contributed by atoms with van der Waals surface area (Å²) in [5.74, 6) is 0.158. The molecule has 0 fully saturated rings. The van der Waals surface area contributed by atoms with Gasteiger partial charge in [0.25, 0.3) is 0 Å². The summed E-state index contributed by atoms with van der Waals surface area (Å²) in [7, 11) is 0. The van der Waals surface area contributed by atoms with E-state index in [0.717, 1.165) is 12.8 Å². The third kappa shape index (κ3) is 4.71. The summed E-state index contributed by atoms with van der Waals surface area (Å²) < 4.78 is 41.6. The summed E-state index contributed by atoms with van der Waals surface area (Å²) in [6.07, 6.45) is -2.87. The van der Waals surface area contributed by atoms with Gasteiger partial charge in [-0.25, -0.2) is 0 Å². The van der Waals surface area contributed by atoms with Crippen molar-refractivity contribution in [2.24, 2.45) is 5.92 Å². The quantitative estimate of drug-likeness (QED) is 0.787. The number of nitrogens with one attached hydrogen (secondary N) is 1. The van der Waals surface area contributed by atoms with Gasteiger partial charge in [0.15, 0.2) is 0 Å². The second kappa shape index (κ2) is 7.53. The lowest BCUT2D eigenvalue weighted by atomic mass is 9.88. The molecule has 5 heteroatoms. The Kier molecular flexibility index (Phi) is 6.33. The summed E-state index contributed by atoms with van der Waals surface area (Å²) in [6, 6.07) is 6.24. The van der Waals surface area contributed by atoms with Crippen LogP contribution in [0.1, 0.15) is 45.2 Å². The van der Waals surface area contributed by atoms with Crippen molar-refractivity contribution in [1.29, 1.82) is 0 Å². The smallest absolute Gasteiger partial charge is 0.405 e. The Bertz CT molecular complexity index is 402. The summed E-state index contributed by atoms with van der Waals surface area (Å²) >= 11 is 0. The highest BCUT2D eigenvalue weighted by atomic mass is 19.4. The molecule has 0 aliphatic rings. The number of hydrogen-bond acceptors (Lipinski definition) is 2. The van der Waals surface area contributed by atoms with Crippen LogP contribution < -0.4 is 10.1 Å². The maximum atomic E-state index is 12.5. The van der Waals surface area contributed by atoms with Gasteiger partial charge in [-0.05, 0) is 18.5 Å². The van der Waals surface area contributed by atoms with Crippen molar-refractivity contribution in [2.75, 3.05) is 6.54 Å². The Labute approximate surface area is 118 Å². The molecular formula is C15H22F3NO. The third-order valence-electron chi connectivity index (χ3n) is 3.42. The zero-order chi connectivity index (χ0) is 15.2. The van der Waals surface area contributed by atoms with Crippen LogP contribution in [-0.4, -0.2) is 12.9 Å². The fourth-order valence-corrected chi connectivity index (χ4v) is 2.47. The molecule has 1 aromatic rings. The fraction of sp³-hybridized carbons (Fsp3) is 0.600. The molecule has 1 aromatic carbocycles. The topological polar surface area (TPSA) is 21.3 Å². The van der Waals surface area contributed by atoms with E-state index in [4.69, 9.17) is 0 Å². The van der Waals surface area contributed by atoms with Gasteiger partial charge in [0.05, 0.1) is 0 Å². The van der Waals surface area contributed by atoms with E-state index in [1.165, 1.54) is 6.07 Å². The molecule has 0 heterocycles. The Morgan fingerprint density at radius 3 is 2.20 bits per heavy atom. The van der Waals surface area contributed by atoms with Gasteiger partial charge in [0, 0.05) is 11.6 Å². The monoisotopic (exact) mass is 289 g/mol. The lowest BCUT2D eigenvalue weighted by molar-refractivity contribution is -0.275. The van der Waals surface area contributed by atoms with Crippen LogP contribution in [-0.2, 0) is 0 Å². The van der Waals surface area contributed by atoms with Crippen molar-refractivity contribution in [3.8, 4) is 5.75 Å². The normalized spacial score (nSPS) is 13.6. The molecule has 114 valence electrons. The van der Waals surface area contributed by atoms with Gasteiger partial charge in [-0.15, -0.1) is 13.2 Å². The number of alkyl halides is 3. The highest BCUT2D eigenvalue weighted by Gasteiger charge is 2.33. The maximum absolute atomic E-state index is 12.5. The molecule has 1 rings (SSSR count). The molecule has 0 aromatic heterocycles. The average Bonchev–Trinajstić information content (AvgIpc) is 2.38. The van der Waals surface area contributed by atoms with Gasteiger partial charge in [-0.3, -0.25) is 0 Å². The molecular weight excluding hydrogens is 267 g/mol. The van der Waals surface area contributed by atoms with Gasteiger partial charge in [-0.1, -0.05) is 51.8 Å². The van der Waals surface area contributed by atoms with E-state index >= 15 is 0 Å². The Balaban J connectivity index is 3.12. The molecule has 20 heavy (non-hydrogen) atoms. The molecule has 1 atom stereocenters. The van der Waals surface area contributed by atoms with Crippen LogP contribution in [0.5, 0.6) is 5.75 Å². The summed E-state index contributed by atoms with van der Waals surface area (Å²) in [6.45, 7) is 6.74. The number of halogens is 3. The highest BCUT2D eigenvalue weighted by molar-refractivity contribution is 5.36. The Hall–Kier alpha value is -1.23. The van der Waals surface area contributed by atoms with E-state index in [1.54, 1.807) is 18.2 Å². The zero-order valence-corrected chi connectivity index (χ0v) is 12.1. The van der Waals surface area contributed by atoms with Crippen LogP contribution in [0.15, 0.2) is 24.3 Å². The van der Waals surface area contributed by atoms with Crippen LogP contribution in [0, 0.1) is 5.92 Å². The summed E-state index contributed by atoms with van der Waals surface area (Å²) in [5, 5.41) is 3.28. The molecule has 0 saturated heterocycles. The van der Waals surface area contributed by atoms with Crippen LogP contribution in [0.4, 0.5) is 13.2 Å². The average molecular weight is 289 g/mol. The van der Waals surface area contributed by atoms with Crippen molar-refractivity contribution in [2.45, 2.75) is 46.0 Å². The van der Waals surface area contributed by atoms with E-state index < -0.39 is 6.36 Å². The lowest BCUT2D eigenvalue weighted by Crippen LogP contribution is -2.29. The second-order valence-corrected chi connectivity index (χ2v) is 4.70. The maximum Gasteiger partial charge on any atom is 0.573 e. The van der Waals surface area contributed by atoms with Crippen LogP contribution in [0.2, 0.25) is 0 Å². The van der Waals surface area contributed by atoms with E-state index in [9.17, 15) is 13.2 Å². The number of para-hydroxylation sites is 1. The van der Waals surface area contributed by atoms with Crippen molar-refractivity contribution < 1.29 is 17.9 Å². The molecule has 1 unspecified atom stereocenters. The molecule has 0 bridgehead atoms. The van der Waals surface area contributed by atoms with Gasteiger partial charge < -0.3 is 10.1 Å². The van der Waals surface area contributed by atoms with E-state index in [1.807, 2.05) is 20.8 Å². The summed E-state index contributed by atoms with van der Waals surface area (Å²) in [4.78, 5) is 0. The largest absolute Gasteiger partial charge is 0.573 e. The van der Waals surface area contributed by atoms with Gasteiger partial charge in [-0.2, -0.15) is 0 Å².